The van der Waals surface area contributed by atoms with Crippen LogP contribution in [0.5, 0.6) is 5.75 Å². The minimum Gasteiger partial charge on any atom is -0.507 e. The smallest absolute Gasteiger partial charge is 0.145 e. The van der Waals surface area contributed by atoms with Gasteiger partial charge >= 0.3 is 0 Å². The summed E-state index contributed by atoms with van der Waals surface area (Å²) in [5.41, 5.74) is 1.65. The van der Waals surface area contributed by atoms with E-state index in [1.54, 1.807) is 24.5 Å². The molecular formula is C13H12O2. The number of ether oxygens (including phenoxy) is 1. The largest absolute Gasteiger partial charge is 0.507 e. The Balaban J connectivity index is 2.46. The molecule has 1 unspecified atom stereocenters. The van der Waals surface area contributed by atoms with E-state index in [0.717, 1.165) is 11.1 Å². The summed E-state index contributed by atoms with van der Waals surface area (Å²) in [6.07, 6.45) is 8.69. The van der Waals surface area contributed by atoms with Crippen LogP contribution in [0, 0.1) is 0 Å². The maximum Gasteiger partial charge on any atom is 0.145 e. The molecule has 1 N–H and O–H groups in total. The lowest BCUT2D eigenvalue weighted by Gasteiger charge is -2.18. The summed E-state index contributed by atoms with van der Waals surface area (Å²) in [4.78, 5) is 0. The van der Waals surface area contributed by atoms with Gasteiger partial charge in [-0.3, -0.25) is 0 Å². The van der Waals surface area contributed by atoms with E-state index >= 15 is 0 Å². The van der Waals surface area contributed by atoms with Gasteiger partial charge in [-0.2, -0.15) is 0 Å². The topological polar surface area (TPSA) is 29.5 Å². The van der Waals surface area contributed by atoms with Crippen molar-refractivity contribution in [3.8, 4) is 5.75 Å². The third-order valence-electron chi connectivity index (χ3n) is 2.32. The molecule has 1 aliphatic rings. The molecule has 0 saturated carbocycles. The number of benzene rings is 1. The molecule has 0 saturated heterocycles. The molecule has 1 aromatic rings. The highest BCUT2D eigenvalue weighted by Gasteiger charge is 2.16. The van der Waals surface area contributed by atoms with Crippen molar-refractivity contribution in [1.82, 2.24) is 0 Å². The maximum absolute atomic E-state index is 9.79. The van der Waals surface area contributed by atoms with Crippen LogP contribution in [0.2, 0.25) is 0 Å². The molecule has 1 atom stereocenters. The minimum absolute atomic E-state index is 0.232. The summed E-state index contributed by atoms with van der Waals surface area (Å²) >= 11 is 0. The first-order valence-corrected chi connectivity index (χ1v) is 4.76. The molecule has 1 heterocycles. The highest BCUT2D eigenvalue weighted by Crippen LogP contribution is 2.33. The molecule has 0 bridgehead atoms. The van der Waals surface area contributed by atoms with Gasteiger partial charge in [0.25, 0.3) is 0 Å². The van der Waals surface area contributed by atoms with Gasteiger partial charge < -0.3 is 9.84 Å². The maximum atomic E-state index is 9.79. The second-order valence-electron chi connectivity index (χ2n) is 3.25. The van der Waals surface area contributed by atoms with E-state index in [1.165, 1.54) is 0 Å². The number of hydrogen-bond donors (Lipinski definition) is 1. The molecule has 2 nitrogen and oxygen atoms in total. The van der Waals surface area contributed by atoms with Crippen LogP contribution in [0.4, 0.5) is 0 Å². The molecule has 0 radical (unpaired) electrons. The van der Waals surface area contributed by atoms with E-state index in [2.05, 4.69) is 6.58 Å². The molecule has 2 heteroatoms. The summed E-state index contributed by atoms with van der Waals surface area (Å²) < 4.78 is 5.41. The van der Waals surface area contributed by atoms with E-state index in [1.807, 2.05) is 24.3 Å². The highest BCUT2D eigenvalue weighted by atomic mass is 16.5. The molecule has 1 aliphatic heterocycles. The average Bonchev–Trinajstić information content (AvgIpc) is 2.29. The van der Waals surface area contributed by atoms with Crippen LogP contribution in [-0.2, 0) is 4.74 Å². The number of phenols is 1. The Morgan fingerprint density at radius 3 is 2.87 bits per heavy atom. The number of phenolic OH excluding ortho intramolecular Hbond substituents is 1. The van der Waals surface area contributed by atoms with Crippen LogP contribution >= 0.6 is 0 Å². The molecule has 0 fully saturated rings. The Hall–Kier alpha value is -1.96. The fourth-order valence-corrected chi connectivity index (χ4v) is 1.61. The Kier molecular flexibility index (Phi) is 2.59. The van der Waals surface area contributed by atoms with E-state index in [0.29, 0.717) is 0 Å². The lowest BCUT2D eigenvalue weighted by molar-refractivity contribution is 0.182. The van der Waals surface area contributed by atoms with Gasteiger partial charge in [0.05, 0.1) is 6.26 Å². The summed E-state index contributed by atoms with van der Waals surface area (Å²) in [6, 6.07) is 5.34. The summed E-state index contributed by atoms with van der Waals surface area (Å²) in [7, 11) is 0. The van der Waals surface area contributed by atoms with Gasteiger partial charge in [0.2, 0.25) is 0 Å². The first-order chi connectivity index (χ1) is 7.33. The summed E-state index contributed by atoms with van der Waals surface area (Å²) in [5, 5.41) is 9.79. The van der Waals surface area contributed by atoms with E-state index < -0.39 is 0 Å². The zero-order chi connectivity index (χ0) is 10.7. The summed E-state index contributed by atoms with van der Waals surface area (Å²) in [6.45, 7) is 3.72. The Labute approximate surface area is 88.8 Å². The van der Waals surface area contributed by atoms with Crippen molar-refractivity contribution in [3.05, 3.63) is 60.4 Å². The summed E-state index contributed by atoms with van der Waals surface area (Å²) in [5.74, 6) is 0.234. The van der Waals surface area contributed by atoms with Gasteiger partial charge in [-0.1, -0.05) is 30.9 Å². The third kappa shape index (κ3) is 1.79. The van der Waals surface area contributed by atoms with Crippen LogP contribution < -0.4 is 0 Å². The predicted molar refractivity (Wildman–Crippen MR) is 60.3 cm³/mol. The van der Waals surface area contributed by atoms with Crippen molar-refractivity contribution < 1.29 is 9.84 Å². The molecular weight excluding hydrogens is 188 g/mol. The lowest BCUT2D eigenvalue weighted by atomic mass is 10.00. The van der Waals surface area contributed by atoms with Crippen LogP contribution in [-0.4, -0.2) is 5.11 Å². The Morgan fingerprint density at radius 2 is 2.20 bits per heavy atom. The quantitative estimate of drug-likeness (QED) is 0.794. The van der Waals surface area contributed by atoms with E-state index in [4.69, 9.17) is 4.74 Å². The minimum atomic E-state index is -0.232. The first kappa shape index (κ1) is 9.59. The monoisotopic (exact) mass is 200 g/mol. The second-order valence-corrected chi connectivity index (χ2v) is 3.25. The molecule has 0 aliphatic carbocycles. The Bertz CT molecular complexity index is 430. The number of allylic oxidation sites excluding steroid dienone is 2. The van der Waals surface area contributed by atoms with Crippen molar-refractivity contribution in [1.29, 1.82) is 0 Å². The predicted octanol–water partition coefficient (Wildman–Crippen LogP) is 3.18. The fraction of sp³-hybridized carbons (Fsp3) is 0.0769. The first-order valence-electron chi connectivity index (χ1n) is 4.76. The molecule has 2 rings (SSSR count). The normalized spacial score (nSPS) is 18.5. The Morgan fingerprint density at radius 1 is 1.33 bits per heavy atom. The molecule has 15 heavy (non-hydrogen) atoms. The number of rotatable bonds is 2. The average molecular weight is 200 g/mol. The van der Waals surface area contributed by atoms with Gasteiger partial charge in [0.1, 0.15) is 11.9 Å². The number of aromatic hydroxyl groups is 1. The van der Waals surface area contributed by atoms with E-state index in [9.17, 15) is 5.11 Å². The van der Waals surface area contributed by atoms with Crippen molar-refractivity contribution in [3.63, 3.8) is 0 Å². The van der Waals surface area contributed by atoms with Crippen molar-refractivity contribution in [2.24, 2.45) is 0 Å². The van der Waals surface area contributed by atoms with Gasteiger partial charge in [-0.25, -0.2) is 0 Å². The zero-order valence-electron chi connectivity index (χ0n) is 8.26. The van der Waals surface area contributed by atoms with Gasteiger partial charge in [-0.05, 0) is 23.8 Å². The van der Waals surface area contributed by atoms with Crippen molar-refractivity contribution >= 4 is 6.08 Å². The fourth-order valence-electron chi connectivity index (χ4n) is 1.61. The van der Waals surface area contributed by atoms with Crippen LogP contribution in [0.15, 0.2) is 49.3 Å². The lowest BCUT2D eigenvalue weighted by Crippen LogP contribution is -2.02. The highest BCUT2D eigenvalue weighted by molar-refractivity contribution is 5.58. The van der Waals surface area contributed by atoms with Gasteiger partial charge in [0, 0.05) is 5.56 Å². The van der Waals surface area contributed by atoms with Crippen LogP contribution in [0.25, 0.3) is 6.08 Å². The van der Waals surface area contributed by atoms with Crippen LogP contribution in [0.1, 0.15) is 17.2 Å². The van der Waals surface area contributed by atoms with E-state index in [-0.39, 0.29) is 11.9 Å². The van der Waals surface area contributed by atoms with Crippen LogP contribution in [0.3, 0.4) is 0 Å². The standard InChI is InChI=1S/C13H12O2/c1-2-10-6-5-7-11(14)13(10)12-8-3-4-9-15-12/h2-9,12,14H,1H2. The number of hydrogen-bond acceptors (Lipinski definition) is 2. The molecule has 76 valence electrons. The zero-order valence-corrected chi connectivity index (χ0v) is 8.26. The molecule has 1 aromatic carbocycles. The van der Waals surface area contributed by atoms with Crippen molar-refractivity contribution in [2.45, 2.75) is 6.10 Å². The van der Waals surface area contributed by atoms with Crippen molar-refractivity contribution in [2.75, 3.05) is 0 Å². The van der Waals surface area contributed by atoms with Gasteiger partial charge in [0.15, 0.2) is 0 Å². The second kappa shape index (κ2) is 4.05. The third-order valence-corrected chi connectivity index (χ3v) is 2.32. The molecule has 0 spiro atoms. The van der Waals surface area contributed by atoms with Gasteiger partial charge in [-0.15, -0.1) is 0 Å². The molecule has 0 aromatic heterocycles. The molecule has 0 amide bonds. The SMILES string of the molecule is C=Cc1cccc(O)c1C1C=CC=CO1.